The number of fused-ring (bicyclic) bond motifs is 1. The third-order valence-corrected chi connectivity index (χ3v) is 4.56. The first kappa shape index (κ1) is 16.7. The molecule has 0 radical (unpaired) electrons. The van der Waals surface area contributed by atoms with Crippen LogP contribution in [-0.2, 0) is 10.0 Å². The zero-order valence-electron chi connectivity index (χ0n) is 12.5. The first-order valence-corrected chi connectivity index (χ1v) is 8.31. The molecule has 10 nitrogen and oxygen atoms in total. The second-order valence-electron chi connectivity index (χ2n) is 4.88. The van der Waals surface area contributed by atoms with E-state index < -0.39 is 20.9 Å². The van der Waals surface area contributed by atoms with Crippen molar-refractivity contribution >= 4 is 21.6 Å². The maximum absolute atomic E-state index is 12.1. The topological polar surface area (TPSA) is 137 Å². The monoisotopic (exact) mass is 365 g/mol. The van der Waals surface area contributed by atoms with E-state index in [9.17, 15) is 23.3 Å². The van der Waals surface area contributed by atoms with Crippen LogP contribution in [-0.4, -0.2) is 26.0 Å². The van der Waals surface area contributed by atoms with E-state index in [1.165, 1.54) is 18.2 Å². The fourth-order valence-corrected chi connectivity index (χ4v) is 2.87. The number of non-ortho nitro benzene ring substituents is 1. The molecule has 2 aromatic carbocycles. The van der Waals surface area contributed by atoms with Crippen molar-refractivity contribution < 1.29 is 27.6 Å². The lowest BCUT2D eigenvalue weighted by Gasteiger charge is -2.08. The normalized spacial score (nSPS) is 12.6. The largest absolute Gasteiger partial charge is 0.454 e. The molecular weight excluding hydrogens is 354 g/mol. The van der Waals surface area contributed by atoms with Gasteiger partial charge in [0.05, 0.1) is 9.82 Å². The Balaban J connectivity index is 1.69. The number of hydrazine groups is 1. The number of carbonyl (C=O) groups excluding carboxylic acids is 1. The Morgan fingerprint density at radius 3 is 2.44 bits per heavy atom. The van der Waals surface area contributed by atoms with E-state index in [2.05, 4.69) is 5.43 Å². The standard InChI is InChI=1S/C14H11N3O7S/c18-14(9-1-6-12-13(7-9)24-8-23-12)15-16-25(21,22)11-4-2-10(3-5-11)17(19)20/h1-7,16H,8H2,(H,15,18). The van der Waals surface area contributed by atoms with Gasteiger partial charge in [0.2, 0.25) is 6.79 Å². The summed E-state index contributed by atoms with van der Waals surface area (Å²) in [5.41, 5.74) is 1.97. The van der Waals surface area contributed by atoms with Crippen LogP contribution in [0.5, 0.6) is 11.5 Å². The minimum Gasteiger partial charge on any atom is -0.454 e. The smallest absolute Gasteiger partial charge is 0.269 e. The molecule has 11 heteroatoms. The number of hydrogen-bond acceptors (Lipinski definition) is 7. The number of amides is 1. The summed E-state index contributed by atoms with van der Waals surface area (Å²) in [6.45, 7) is 0.0488. The predicted octanol–water partition coefficient (Wildman–Crippen LogP) is 0.947. The summed E-state index contributed by atoms with van der Waals surface area (Å²) in [4.78, 5) is 23.7. The van der Waals surface area contributed by atoms with Crippen LogP contribution in [0.15, 0.2) is 47.4 Å². The van der Waals surface area contributed by atoms with Crippen molar-refractivity contribution in [3.63, 3.8) is 0 Å². The van der Waals surface area contributed by atoms with Gasteiger partial charge in [0, 0.05) is 17.7 Å². The molecule has 1 aliphatic heterocycles. The highest BCUT2D eigenvalue weighted by molar-refractivity contribution is 7.89. The van der Waals surface area contributed by atoms with Crippen molar-refractivity contribution in [3.05, 3.63) is 58.1 Å². The lowest BCUT2D eigenvalue weighted by Crippen LogP contribution is -2.41. The third kappa shape index (κ3) is 3.51. The predicted molar refractivity (Wildman–Crippen MR) is 83.4 cm³/mol. The van der Waals surface area contributed by atoms with E-state index in [-0.39, 0.29) is 22.9 Å². The molecule has 0 spiro atoms. The highest BCUT2D eigenvalue weighted by Crippen LogP contribution is 2.32. The number of sulfonamides is 1. The highest BCUT2D eigenvalue weighted by atomic mass is 32.2. The summed E-state index contributed by atoms with van der Waals surface area (Å²) in [7, 11) is -4.08. The van der Waals surface area contributed by atoms with Crippen LogP contribution in [0.4, 0.5) is 5.69 Å². The lowest BCUT2D eigenvalue weighted by molar-refractivity contribution is -0.384. The fourth-order valence-electron chi connectivity index (χ4n) is 2.03. The van der Waals surface area contributed by atoms with Crippen molar-refractivity contribution in [3.8, 4) is 11.5 Å². The Labute approximate surface area is 141 Å². The molecule has 0 atom stereocenters. The molecule has 0 aliphatic carbocycles. The first-order chi connectivity index (χ1) is 11.9. The number of rotatable bonds is 5. The van der Waals surface area contributed by atoms with Gasteiger partial charge in [0.1, 0.15) is 0 Å². The Kier molecular flexibility index (Phi) is 4.25. The number of nitro benzene ring substituents is 1. The highest BCUT2D eigenvalue weighted by Gasteiger charge is 2.19. The molecule has 0 saturated carbocycles. The van der Waals surface area contributed by atoms with Gasteiger partial charge in [-0.3, -0.25) is 20.3 Å². The number of ether oxygens (including phenoxy) is 2. The number of benzene rings is 2. The van der Waals surface area contributed by atoms with Crippen LogP contribution in [0.3, 0.4) is 0 Å². The Hall–Kier alpha value is -3.18. The van der Waals surface area contributed by atoms with Crippen LogP contribution in [0.25, 0.3) is 0 Å². The molecule has 3 rings (SSSR count). The van der Waals surface area contributed by atoms with Crippen molar-refractivity contribution in [2.45, 2.75) is 4.90 Å². The molecule has 1 heterocycles. The number of nitrogens with one attached hydrogen (secondary N) is 2. The van der Waals surface area contributed by atoms with E-state index in [1.807, 2.05) is 4.83 Å². The van der Waals surface area contributed by atoms with Gasteiger partial charge < -0.3 is 9.47 Å². The summed E-state index contributed by atoms with van der Waals surface area (Å²) in [5.74, 6) is 0.165. The van der Waals surface area contributed by atoms with E-state index in [0.29, 0.717) is 11.5 Å². The van der Waals surface area contributed by atoms with E-state index in [4.69, 9.17) is 9.47 Å². The van der Waals surface area contributed by atoms with Crippen LogP contribution in [0.1, 0.15) is 10.4 Å². The molecule has 0 fully saturated rings. The summed E-state index contributed by atoms with van der Waals surface area (Å²) < 4.78 is 34.4. The van der Waals surface area contributed by atoms with E-state index in [0.717, 1.165) is 24.3 Å². The van der Waals surface area contributed by atoms with Gasteiger partial charge in [-0.1, -0.05) is 0 Å². The summed E-state index contributed by atoms with van der Waals surface area (Å²) in [6, 6.07) is 8.62. The molecule has 130 valence electrons. The van der Waals surface area contributed by atoms with Gasteiger partial charge in [-0.2, -0.15) is 0 Å². The van der Waals surface area contributed by atoms with Crippen molar-refractivity contribution in [2.24, 2.45) is 0 Å². The van der Waals surface area contributed by atoms with Crippen LogP contribution in [0, 0.1) is 10.1 Å². The minimum atomic E-state index is -4.08. The lowest BCUT2D eigenvalue weighted by atomic mass is 10.2. The molecule has 0 unspecified atom stereocenters. The zero-order chi connectivity index (χ0) is 18.0. The summed E-state index contributed by atoms with van der Waals surface area (Å²) >= 11 is 0. The summed E-state index contributed by atoms with van der Waals surface area (Å²) in [6.07, 6.45) is 0. The van der Waals surface area contributed by atoms with Gasteiger partial charge in [-0.25, -0.2) is 8.42 Å². The van der Waals surface area contributed by atoms with Gasteiger partial charge in [0.25, 0.3) is 21.6 Å². The van der Waals surface area contributed by atoms with Gasteiger partial charge in [-0.05, 0) is 30.3 Å². The van der Waals surface area contributed by atoms with Crippen LogP contribution in [0.2, 0.25) is 0 Å². The quantitative estimate of drug-likeness (QED) is 0.594. The van der Waals surface area contributed by atoms with Crippen molar-refractivity contribution in [1.29, 1.82) is 0 Å². The Morgan fingerprint density at radius 1 is 1.08 bits per heavy atom. The molecule has 0 bridgehead atoms. The van der Waals surface area contributed by atoms with E-state index in [1.54, 1.807) is 0 Å². The van der Waals surface area contributed by atoms with Crippen LogP contribution < -0.4 is 19.7 Å². The SMILES string of the molecule is O=C(NNS(=O)(=O)c1ccc([N+](=O)[O-])cc1)c1ccc2c(c1)OCO2. The van der Waals surface area contributed by atoms with Crippen molar-refractivity contribution in [2.75, 3.05) is 6.79 Å². The Morgan fingerprint density at radius 2 is 1.76 bits per heavy atom. The summed E-state index contributed by atoms with van der Waals surface area (Å²) in [5, 5.41) is 10.6. The molecule has 0 aromatic heterocycles. The zero-order valence-corrected chi connectivity index (χ0v) is 13.3. The number of carbonyl (C=O) groups is 1. The molecular formula is C14H11N3O7S. The minimum absolute atomic E-state index is 0.0488. The number of hydrogen-bond donors (Lipinski definition) is 2. The van der Waals surface area contributed by atoms with Gasteiger partial charge in [-0.15, -0.1) is 4.83 Å². The van der Waals surface area contributed by atoms with Crippen molar-refractivity contribution in [1.82, 2.24) is 10.3 Å². The molecule has 1 aliphatic rings. The van der Waals surface area contributed by atoms with Gasteiger partial charge in [0.15, 0.2) is 11.5 Å². The second kappa shape index (κ2) is 6.37. The molecule has 0 saturated heterocycles. The average molecular weight is 365 g/mol. The first-order valence-electron chi connectivity index (χ1n) is 6.83. The average Bonchev–Trinajstić information content (AvgIpc) is 3.07. The molecule has 2 aromatic rings. The maximum Gasteiger partial charge on any atom is 0.269 e. The number of nitrogens with zero attached hydrogens (tertiary/aromatic N) is 1. The maximum atomic E-state index is 12.1. The van der Waals surface area contributed by atoms with Gasteiger partial charge >= 0.3 is 0 Å². The third-order valence-electron chi connectivity index (χ3n) is 3.29. The second-order valence-corrected chi connectivity index (χ2v) is 6.56. The van der Waals surface area contributed by atoms with Crippen LogP contribution >= 0.6 is 0 Å². The molecule has 25 heavy (non-hydrogen) atoms. The number of nitro groups is 1. The molecule has 1 amide bonds. The molecule has 2 N–H and O–H groups in total. The Bertz CT molecular complexity index is 941. The fraction of sp³-hybridized carbons (Fsp3) is 0.0714. The van der Waals surface area contributed by atoms with E-state index >= 15 is 0 Å².